The molecule has 1 aromatic rings. The van der Waals surface area contributed by atoms with Crippen LogP contribution in [-0.2, 0) is 9.59 Å². The third kappa shape index (κ3) is 1.63. The number of carboxylic acids is 1. The monoisotopic (exact) mass is 232 g/mol. The van der Waals surface area contributed by atoms with Crippen LogP contribution < -0.4 is 5.32 Å². The number of halogens is 1. The summed E-state index contributed by atoms with van der Waals surface area (Å²) in [7, 11) is 0. The molecule has 0 radical (unpaired) electrons. The summed E-state index contributed by atoms with van der Waals surface area (Å²) in [5.41, 5.74) is -0.629. The molecule has 0 fully saturated rings. The fourth-order valence-electron chi connectivity index (χ4n) is 1.60. The summed E-state index contributed by atoms with van der Waals surface area (Å²) < 4.78 is 13.0. The zero-order chi connectivity index (χ0) is 12.6. The molecular weight excluding hydrogens is 227 g/mol. The molecule has 1 aliphatic rings. The number of aliphatic carboxylic acids is 1. The Labute approximate surface area is 94.8 Å². The highest BCUT2D eigenvalue weighted by Gasteiger charge is 2.30. The number of hydrogen-bond acceptors (Lipinski definition) is 3. The van der Waals surface area contributed by atoms with Gasteiger partial charge < -0.3 is 10.4 Å². The Bertz CT molecular complexity index is 614. The number of amides is 1. The number of fused-ring (bicyclic) bond motifs is 1. The van der Waals surface area contributed by atoms with Gasteiger partial charge >= 0.3 is 5.97 Å². The SMILES string of the molecule is N#CC(C(=O)O)=C1C(=O)Nc2ccc(F)cc21. The van der Waals surface area contributed by atoms with Crippen molar-refractivity contribution >= 4 is 23.1 Å². The minimum Gasteiger partial charge on any atom is -0.477 e. The van der Waals surface area contributed by atoms with E-state index in [2.05, 4.69) is 5.32 Å². The molecule has 0 spiro atoms. The van der Waals surface area contributed by atoms with Gasteiger partial charge in [0, 0.05) is 11.3 Å². The second kappa shape index (κ2) is 3.72. The Morgan fingerprint density at radius 2 is 2.18 bits per heavy atom. The summed E-state index contributed by atoms with van der Waals surface area (Å²) in [6.07, 6.45) is 0. The second-order valence-electron chi connectivity index (χ2n) is 3.31. The van der Waals surface area contributed by atoms with Gasteiger partial charge in [0.2, 0.25) is 0 Å². The number of benzene rings is 1. The summed E-state index contributed by atoms with van der Waals surface area (Å²) in [6.45, 7) is 0. The van der Waals surface area contributed by atoms with Gasteiger partial charge in [-0.2, -0.15) is 5.26 Å². The van der Waals surface area contributed by atoms with Gasteiger partial charge in [0.25, 0.3) is 5.91 Å². The fourth-order valence-corrected chi connectivity index (χ4v) is 1.60. The molecule has 2 rings (SSSR count). The number of rotatable bonds is 1. The molecule has 0 aromatic heterocycles. The quantitative estimate of drug-likeness (QED) is 0.561. The molecular formula is C11H5FN2O3. The van der Waals surface area contributed by atoms with E-state index in [9.17, 15) is 14.0 Å². The Morgan fingerprint density at radius 1 is 1.47 bits per heavy atom. The Kier molecular flexibility index (Phi) is 2.37. The predicted octanol–water partition coefficient (Wildman–Crippen LogP) is 1.14. The molecule has 1 amide bonds. The van der Waals surface area contributed by atoms with E-state index in [0.717, 1.165) is 12.1 Å². The summed E-state index contributed by atoms with van der Waals surface area (Å²) in [6, 6.07) is 4.89. The first kappa shape index (κ1) is 10.8. The lowest BCUT2D eigenvalue weighted by molar-refractivity contribution is -0.132. The molecule has 0 aliphatic carbocycles. The molecule has 0 unspecified atom stereocenters. The van der Waals surface area contributed by atoms with E-state index >= 15 is 0 Å². The highest BCUT2D eigenvalue weighted by atomic mass is 19.1. The molecule has 6 heteroatoms. The molecule has 0 atom stereocenters. The van der Waals surface area contributed by atoms with Gasteiger partial charge in [-0.15, -0.1) is 0 Å². The van der Waals surface area contributed by atoms with Crippen molar-refractivity contribution in [2.24, 2.45) is 0 Å². The third-order valence-corrected chi connectivity index (χ3v) is 2.30. The predicted molar refractivity (Wildman–Crippen MR) is 55.2 cm³/mol. The van der Waals surface area contributed by atoms with E-state index in [1.54, 1.807) is 0 Å². The molecule has 2 N–H and O–H groups in total. The molecule has 0 bridgehead atoms. The second-order valence-corrected chi connectivity index (χ2v) is 3.31. The Hall–Kier alpha value is -2.68. The topological polar surface area (TPSA) is 90.2 Å². The molecule has 0 saturated carbocycles. The van der Waals surface area contributed by atoms with Gasteiger partial charge in [-0.3, -0.25) is 4.79 Å². The summed E-state index contributed by atoms with van der Waals surface area (Å²) >= 11 is 0. The largest absolute Gasteiger partial charge is 0.477 e. The maximum atomic E-state index is 13.0. The lowest BCUT2D eigenvalue weighted by Crippen LogP contribution is -2.09. The van der Waals surface area contributed by atoms with Crippen LogP contribution in [0.25, 0.3) is 5.57 Å². The van der Waals surface area contributed by atoms with Crippen LogP contribution in [0, 0.1) is 17.1 Å². The van der Waals surface area contributed by atoms with Crippen molar-refractivity contribution in [1.29, 1.82) is 5.26 Å². The van der Waals surface area contributed by atoms with Crippen molar-refractivity contribution in [3.63, 3.8) is 0 Å². The number of nitrogens with zero attached hydrogens (tertiary/aromatic N) is 1. The van der Waals surface area contributed by atoms with Crippen LogP contribution in [0.4, 0.5) is 10.1 Å². The van der Waals surface area contributed by atoms with Crippen LogP contribution in [0.2, 0.25) is 0 Å². The third-order valence-electron chi connectivity index (χ3n) is 2.30. The summed E-state index contributed by atoms with van der Waals surface area (Å²) in [5, 5.41) is 19.9. The number of carbonyl (C=O) groups is 2. The molecule has 17 heavy (non-hydrogen) atoms. The van der Waals surface area contributed by atoms with E-state index in [-0.39, 0.29) is 11.1 Å². The van der Waals surface area contributed by atoms with Crippen molar-refractivity contribution in [3.05, 3.63) is 35.2 Å². The number of anilines is 1. The van der Waals surface area contributed by atoms with Gasteiger partial charge in [0.15, 0.2) is 5.57 Å². The van der Waals surface area contributed by atoms with Crippen molar-refractivity contribution in [2.75, 3.05) is 5.32 Å². The number of carbonyl (C=O) groups excluding carboxylic acids is 1. The smallest absolute Gasteiger partial charge is 0.347 e. The lowest BCUT2D eigenvalue weighted by atomic mass is 10.0. The van der Waals surface area contributed by atoms with E-state index in [1.165, 1.54) is 12.1 Å². The van der Waals surface area contributed by atoms with Crippen molar-refractivity contribution in [3.8, 4) is 6.07 Å². The lowest BCUT2D eigenvalue weighted by Gasteiger charge is -1.99. The zero-order valence-electron chi connectivity index (χ0n) is 8.32. The number of carboxylic acid groups (broad SMARTS) is 1. The minimum absolute atomic E-state index is 0.0916. The van der Waals surface area contributed by atoms with E-state index in [0.29, 0.717) is 5.69 Å². The van der Waals surface area contributed by atoms with Crippen LogP contribution in [-0.4, -0.2) is 17.0 Å². The zero-order valence-corrected chi connectivity index (χ0v) is 8.32. The molecule has 84 valence electrons. The number of hydrogen-bond donors (Lipinski definition) is 2. The molecule has 0 saturated heterocycles. The first-order chi connectivity index (χ1) is 8.04. The summed E-state index contributed by atoms with van der Waals surface area (Å²) in [4.78, 5) is 22.3. The Balaban J connectivity index is 2.75. The first-order valence-corrected chi connectivity index (χ1v) is 4.53. The van der Waals surface area contributed by atoms with E-state index in [4.69, 9.17) is 10.4 Å². The van der Waals surface area contributed by atoms with Crippen LogP contribution in [0.3, 0.4) is 0 Å². The highest BCUT2D eigenvalue weighted by molar-refractivity contribution is 6.35. The van der Waals surface area contributed by atoms with Crippen molar-refractivity contribution < 1.29 is 19.1 Å². The maximum absolute atomic E-state index is 13.0. The van der Waals surface area contributed by atoms with Gasteiger partial charge in [-0.25, -0.2) is 9.18 Å². The van der Waals surface area contributed by atoms with Gasteiger partial charge in [-0.05, 0) is 18.2 Å². The van der Waals surface area contributed by atoms with Gasteiger partial charge in [0.1, 0.15) is 11.9 Å². The van der Waals surface area contributed by atoms with Crippen LogP contribution in [0.5, 0.6) is 0 Å². The standard InChI is InChI=1S/C11H5FN2O3/c12-5-1-2-8-6(3-5)9(10(15)14-8)7(4-13)11(16)17/h1-3H,(H,14,15)(H,16,17). The van der Waals surface area contributed by atoms with E-state index < -0.39 is 23.3 Å². The van der Waals surface area contributed by atoms with E-state index in [1.807, 2.05) is 0 Å². The van der Waals surface area contributed by atoms with Crippen LogP contribution >= 0.6 is 0 Å². The molecule has 1 heterocycles. The van der Waals surface area contributed by atoms with Crippen LogP contribution in [0.1, 0.15) is 5.56 Å². The fraction of sp³-hybridized carbons (Fsp3) is 0. The molecule has 5 nitrogen and oxygen atoms in total. The number of nitriles is 1. The average molecular weight is 232 g/mol. The van der Waals surface area contributed by atoms with Gasteiger partial charge in [-0.1, -0.05) is 0 Å². The van der Waals surface area contributed by atoms with Crippen LogP contribution in [0.15, 0.2) is 23.8 Å². The summed E-state index contributed by atoms with van der Waals surface area (Å²) in [5.74, 6) is -2.85. The van der Waals surface area contributed by atoms with Crippen molar-refractivity contribution in [2.45, 2.75) is 0 Å². The first-order valence-electron chi connectivity index (χ1n) is 4.53. The molecule has 1 aliphatic heterocycles. The Morgan fingerprint density at radius 3 is 2.76 bits per heavy atom. The maximum Gasteiger partial charge on any atom is 0.347 e. The average Bonchev–Trinajstić information content (AvgIpc) is 2.56. The number of nitrogens with one attached hydrogen (secondary N) is 1. The van der Waals surface area contributed by atoms with Crippen molar-refractivity contribution in [1.82, 2.24) is 0 Å². The highest BCUT2D eigenvalue weighted by Crippen LogP contribution is 2.34. The van der Waals surface area contributed by atoms with Gasteiger partial charge in [0.05, 0.1) is 5.57 Å². The normalized spacial score (nSPS) is 15.9. The minimum atomic E-state index is -1.52. The molecule has 1 aromatic carbocycles.